The Bertz CT molecular complexity index is 570. The van der Waals surface area contributed by atoms with E-state index in [4.69, 9.17) is 5.73 Å². The normalized spacial score (nSPS) is 13.0. The minimum Gasteiger partial charge on any atom is -0.364 e. The van der Waals surface area contributed by atoms with Gasteiger partial charge in [-0.2, -0.15) is 13.2 Å². The number of nitrogens with one attached hydrogen (secondary N) is 2. The molecule has 6 nitrogen and oxygen atoms in total. The molecule has 0 bridgehead atoms. The van der Waals surface area contributed by atoms with Gasteiger partial charge < -0.3 is 11.1 Å². The van der Waals surface area contributed by atoms with Gasteiger partial charge in [-0.25, -0.2) is 13.4 Å². The number of pyridine rings is 1. The number of rotatable bonds is 6. The van der Waals surface area contributed by atoms with Gasteiger partial charge in [-0.1, -0.05) is 0 Å². The number of nitrogens with two attached hydrogens (primary N) is 1. The highest BCUT2D eigenvalue weighted by atomic mass is 32.2. The minimum absolute atomic E-state index is 0.0460. The molecule has 4 N–H and O–H groups in total. The predicted molar refractivity (Wildman–Crippen MR) is 74.5 cm³/mol. The summed E-state index contributed by atoms with van der Waals surface area (Å²) in [6.07, 6.45) is -3.67. The Labute approximate surface area is 121 Å². The van der Waals surface area contributed by atoms with E-state index in [0.717, 1.165) is 6.20 Å². The van der Waals surface area contributed by atoms with Crippen molar-refractivity contribution in [3.63, 3.8) is 0 Å². The zero-order valence-electron chi connectivity index (χ0n) is 11.5. The van der Waals surface area contributed by atoms with Gasteiger partial charge in [-0.15, -0.1) is 0 Å². The lowest BCUT2D eigenvalue weighted by Crippen LogP contribution is -2.39. The van der Waals surface area contributed by atoms with Crippen LogP contribution >= 0.6 is 0 Å². The average Bonchev–Trinajstić information content (AvgIpc) is 2.28. The van der Waals surface area contributed by atoms with Crippen LogP contribution in [0, 0.1) is 0 Å². The topological polar surface area (TPSA) is 97.1 Å². The van der Waals surface area contributed by atoms with Gasteiger partial charge in [0.25, 0.3) is 0 Å². The van der Waals surface area contributed by atoms with Crippen molar-refractivity contribution in [2.75, 3.05) is 22.3 Å². The lowest BCUT2D eigenvalue weighted by molar-refractivity contribution is -0.106. The number of hydrogen-bond acceptors (Lipinski definition) is 5. The molecule has 0 aliphatic carbocycles. The zero-order chi connectivity index (χ0) is 16.3. The fourth-order valence-corrected chi connectivity index (χ4v) is 2.34. The van der Waals surface area contributed by atoms with Gasteiger partial charge in [0.2, 0.25) is 10.0 Å². The van der Waals surface area contributed by atoms with Crippen molar-refractivity contribution >= 4 is 21.5 Å². The maximum atomic E-state index is 12.1. The van der Waals surface area contributed by atoms with Crippen LogP contribution in [0.4, 0.5) is 24.7 Å². The summed E-state index contributed by atoms with van der Waals surface area (Å²) >= 11 is 0. The molecular weight excluding hydrogens is 309 g/mol. The van der Waals surface area contributed by atoms with Crippen LogP contribution in [0.15, 0.2) is 18.3 Å². The molecular formula is C11H17F3N4O2S. The smallest absolute Gasteiger partial charge is 0.364 e. The summed E-state index contributed by atoms with van der Waals surface area (Å²) in [7, 11) is -4.50. The second kappa shape index (κ2) is 6.06. The van der Waals surface area contributed by atoms with Crippen LogP contribution in [0.25, 0.3) is 0 Å². The largest absolute Gasteiger partial charge is 0.404 e. The van der Waals surface area contributed by atoms with E-state index in [0.29, 0.717) is 12.4 Å². The Balaban J connectivity index is 2.76. The van der Waals surface area contributed by atoms with Crippen molar-refractivity contribution in [2.45, 2.75) is 25.6 Å². The molecule has 0 fully saturated rings. The van der Waals surface area contributed by atoms with Crippen molar-refractivity contribution in [3.8, 4) is 0 Å². The monoisotopic (exact) mass is 326 g/mol. The number of nitrogens with zero attached hydrogens (tertiary/aromatic N) is 1. The molecule has 1 heterocycles. The first-order valence-electron chi connectivity index (χ1n) is 5.94. The van der Waals surface area contributed by atoms with Crippen LogP contribution < -0.4 is 15.8 Å². The van der Waals surface area contributed by atoms with E-state index in [2.05, 4.69) is 10.3 Å². The molecule has 120 valence electrons. The van der Waals surface area contributed by atoms with Crippen molar-refractivity contribution in [2.24, 2.45) is 5.73 Å². The number of anilines is 2. The van der Waals surface area contributed by atoms with Gasteiger partial charge in [0, 0.05) is 12.1 Å². The van der Waals surface area contributed by atoms with E-state index in [1.54, 1.807) is 0 Å². The van der Waals surface area contributed by atoms with Crippen molar-refractivity contribution < 1.29 is 21.6 Å². The number of alkyl halides is 3. The van der Waals surface area contributed by atoms with Crippen molar-refractivity contribution in [1.29, 1.82) is 0 Å². The van der Waals surface area contributed by atoms with E-state index < -0.39 is 27.5 Å². The lowest BCUT2D eigenvalue weighted by Gasteiger charge is -2.24. The van der Waals surface area contributed by atoms with Gasteiger partial charge in [-0.3, -0.25) is 4.72 Å². The second-order valence-corrected chi connectivity index (χ2v) is 6.84. The molecule has 0 aliphatic heterocycles. The molecule has 1 aromatic heterocycles. The fraction of sp³-hybridized carbons (Fsp3) is 0.545. The molecule has 1 rings (SSSR count). The van der Waals surface area contributed by atoms with Gasteiger partial charge >= 0.3 is 6.18 Å². The standard InChI is InChI=1S/C11H17F3N4O2S/c1-10(2,6-15)17-9-4-3-8(5-16-9)18-21(19,20)7-11(12,13)14/h3-5,18H,6-7,15H2,1-2H3,(H,16,17). The molecule has 0 amide bonds. The molecule has 0 aromatic carbocycles. The summed E-state index contributed by atoms with van der Waals surface area (Å²) in [6, 6.07) is 2.76. The summed E-state index contributed by atoms with van der Waals surface area (Å²) in [4.78, 5) is 3.92. The molecule has 0 aliphatic rings. The molecule has 0 spiro atoms. The first-order valence-corrected chi connectivity index (χ1v) is 7.59. The first kappa shape index (κ1) is 17.5. The van der Waals surface area contributed by atoms with E-state index in [9.17, 15) is 21.6 Å². The van der Waals surface area contributed by atoms with Gasteiger partial charge in [0.05, 0.1) is 11.9 Å². The first-order chi connectivity index (χ1) is 9.42. The maximum absolute atomic E-state index is 12.1. The molecule has 0 atom stereocenters. The third kappa shape index (κ3) is 6.63. The quantitative estimate of drug-likeness (QED) is 0.737. The molecule has 0 radical (unpaired) electrons. The van der Waals surface area contributed by atoms with Crippen LogP contribution in [0.1, 0.15) is 13.8 Å². The van der Waals surface area contributed by atoms with Gasteiger partial charge in [-0.05, 0) is 26.0 Å². The van der Waals surface area contributed by atoms with Crippen LogP contribution in [0.3, 0.4) is 0 Å². The zero-order valence-corrected chi connectivity index (χ0v) is 12.3. The Kier molecular flexibility index (Phi) is 5.05. The highest BCUT2D eigenvalue weighted by Crippen LogP contribution is 2.20. The van der Waals surface area contributed by atoms with Crippen LogP contribution in [-0.2, 0) is 10.0 Å². The van der Waals surface area contributed by atoms with Crippen LogP contribution in [0.5, 0.6) is 0 Å². The second-order valence-electron chi connectivity index (χ2n) is 5.12. The molecule has 0 unspecified atom stereocenters. The van der Waals surface area contributed by atoms with Crippen LogP contribution in [0.2, 0.25) is 0 Å². The van der Waals surface area contributed by atoms with E-state index in [1.165, 1.54) is 12.1 Å². The van der Waals surface area contributed by atoms with E-state index in [-0.39, 0.29) is 5.69 Å². The van der Waals surface area contributed by atoms with Crippen molar-refractivity contribution in [3.05, 3.63) is 18.3 Å². The third-order valence-electron chi connectivity index (χ3n) is 2.37. The van der Waals surface area contributed by atoms with E-state index in [1.807, 2.05) is 18.6 Å². The van der Waals surface area contributed by atoms with Crippen molar-refractivity contribution in [1.82, 2.24) is 4.98 Å². The Morgan fingerprint density at radius 3 is 2.33 bits per heavy atom. The molecule has 0 saturated heterocycles. The Hall–Kier alpha value is -1.55. The highest BCUT2D eigenvalue weighted by Gasteiger charge is 2.35. The number of hydrogen-bond donors (Lipinski definition) is 3. The molecule has 10 heteroatoms. The molecule has 0 saturated carbocycles. The average molecular weight is 326 g/mol. The van der Waals surface area contributed by atoms with E-state index >= 15 is 0 Å². The predicted octanol–water partition coefficient (Wildman–Crippen LogP) is 1.53. The number of sulfonamides is 1. The summed E-state index contributed by atoms with van der Waals surface area (Å²) in [6.45, 7) is 4.03. The highest BCUT2D eigenvalue weighted by molar-refractivity contribution is 7.92. The molecule has 1 aromatic rings. The third-order valence-corrected chi connectivity index (χ3v) is 3.62. The van der Waals surface area contributed by atoms with Gasteiger partial charge in [0.1, 0.15) is 5.82 Å². The Morgan fingerprint density at radius 1 is 1.29 bits per heavy atom. The van der Waals surface area contributed by atoms with Crippen LogP contribution in [-0.4, -0.2) is 37.4 Å². The number of aromatic nitrogens is 1. The number of halogens is 3. The SMILES string of the molecule is CC(C)(CN)Nc1ccc(NS(=O)(=O)CC(F)(F)F)cn1. The summed E-state index contributed by atoms with van der Waals surface area (Å²) in [5, 5.41) is 3.00. The lowest BCUT2D eigenvalue weighted by atomic mass is 10.1. The summed E-state index contributed by atoms with van der Waals surface area (Å²) in [5.74, 6) is -1.51. The molecule has 21 heavy (non-hydrogen) atoms. The summed E-state index contributed by atoms with van der Waals surface area (Å²) in [5.41, 5.74) is 5.08. The minimum atomic E-state index is -4.80. The van der Waals surface area contributed by atoms with Gasteiger partial charge in [0.15, 0.2) is 5.75 Å². The summed E-state index contributed by atoms with van der Waals surface area (Å²) < 4.78 is 60.6. The fourth-order valence-electron chi connectivity index (χ4n) is 1.36. The maximum Gasteiger partial charge on any atom is 0.404 e. The Morgan fingerprint density at radius 2 is 1.90 bits per heavy atom.